The number of carbonyl (C=O) groups is 1. The van der Waals surface area contributed by atoms with Crippen LogP contribution in [0.15, 0.2) is 24.3 Å². The molecule has 21 heavy (non-hydrogen) atoms. The Morgan fingerprint density at radius 2 is 2.10 bits per heavy atom. The predicted octanol–water partition coefficient (Wildman–Crippen LogP) is 1.89. The summed E-state index contributed by atoms with van der Waals surface area (Å²) in [7, 11) is 1.35. The highest BCUT2D eigenvalue weighted by Crippen LogP contribution is 2.30. The zero-order valence-electron chi connectivity index (χ0n) is 12.4. The monoisotopic (exact) mass is 290 g/mol. The van der Waals surface area contributed by atoms with Crippen LogP contribution in [0.4, 0.5) is 5.69 Å². The quantitative estimate of drug-likeness (QED) is 0.839. The summed E-state index contributed by atoms with van der Waals surface area (Å²) in [5, 5.41) is 3.63. The molecule has 0 aliphatic carbocycles. The minimum absolute atomic E-state index is 0.0526. The predicted molar refractivity (Wildman–Crippen MR) is 80.6 cm³/mol. The number of fused-ring (bicyclic) bond motifs is 1. The lowest BCUT2D eigenvalue weighted by Crippen LogP contribution is -2.33. The van der Waals surface area contributed by atoms with Gasteiger partial charge in [0.05, 0.1) is 7.11 Å². The van der Waals surface area contributed by atoms with E-state index in [1.54, 1.807) is 0 Å². The van der Waals surface area contributed by atoms with E-state index < -0.39 is 0 Å². The van der Waals surface area contributed by atoms with Gasteiger partial charge in [-0.05, 0) is 50.1 Å². The largest absolute Gasteiger partial charge is 0.482 e. The number of nitrogens with zero attached hydrogens (tertiary/aromatic N) is 1. The summed E-state index contributed by atoms with van der Waals surface area (Å²) >= 11 is 0. The van der Waals surface area contributed by atoms with Gasteiger partial charge in [0.15, 0.2) is 6.61 Å². The second kappa shape index (κ2) is 6.35. The molecule has 0 aromatic heterocycles. The topological polar surface area (TPSA) is 50.8 Å². The number of methoxy groups -OCH3 is 1. The SMILES string of the molecule is COC(=O)COc1ccc(NC2CCN3CCCC23)cc1. The first-order chi connectivity index (χ1) is 10.3. The van der Waals surface area contributed by atoms with Crippen LogP contribution in [-0.4, -0.2) is 49.8 Å². The van der Waals surface area contributed by atoms with Crippen LogP contribution in [0.3, 0.4) is 0 Å². The molecule has 2 aliphatic rings. The van der Waals surface area contributed by atoms with E-state index in [-0.39, 0.29) is 12.6 Å². The van der Waals surface area contributed by atoms with Gasteiger partial charge in [-0.3, -0.25) is 4.90 Å². The minimum atomic E-state index is -0.371. The number of esters is 1. The number of benzene rings is 1. The molecule has 2 aliphatic heterocycles. The summed E-state index contributed by atoms with van der Waals surface area (Å²) in [5.41, 5.74) is 1.11. The van der Waals surface area contributed by atoms with Crippen LogP contribution < -0.4 is 10.1 Å². The van der Waals surface area contributed by atoms with E-state index in [2.05, 4.69) is 15.0 Å². The molecule has 1 N–H and O–H groups in total. The van der Waals surface area contributed by atoms with E-state index in [1.807, 2.05) is 24.3 Å². The number of nitrogens with one attached hydrogen (secondary N) is 1. The van der Waals surface area contributed by atoms with Gasteiger partial charge in [-0.2, -0.15) is 0 Å². The van der Waals surface area contributed by atoms with Crippen molar-refractivity contribution >= 4 is 11.7 Å². The van der Waals surface area contributed by atoms with Crippen LogP contribution in [0.25, 0.3) is 0 Å². The van der Waals surface area contributed by atoms with Crippen molar-refractivity contribution in [2.45, 2.75) is 31.3 Å². The molecule has 1 aromatic carbocycles. The zero-order chi connectivity index (χ0) is 14.7. The van der Waals surface area contributed by atoms with Gasteiger partial charge < -0.3 is 14.8 Å². The zero-order valence-corrected chi connectivity index (χ0v) is 12.4. The van der Waals surface area contributed by atoms with Gasteiger partial charge in [-0.1, -0.05) is 0 Å². The highest BCUT2D eigenvalue weighted by atomic mass is 16.6. The summed E-state index contributed by atoms with van der Waals surface area (Å²) in [5.74, 6) is 0.310. The van der Waals surface area contributed by atoms with Crippen LogP contribution in [0.5, 0.6) is 5.75 Å². The van der Waals surface area contributed by atoms with Crippen molar-refractivity contribution < 1.29 is 14.3 Å². The first-order valence-corrected chi connectivity index (χ1v) is 7.56. The van der Waals surface area contributed by atoms with Gasteiger partial charge in [0, 0.05) is 24.3 Å². The number of anilines is 1. The normalized spacial score (nSPS) is 24.6. The van der Waals surface area contributed by atoms with Gasteiger partial charge in [0.2, 0.25) is 0 Å². The standard InChI is InChI=1S/C16H22N2O3/c1-20-16(19)11-21-13-6-4-12(5-7-13)17-14-8-10-18-9-2-3-15(14)18/h4-7,14-15,17H,2-3,8-11H2,1H3. The summed E-state index contributed by atoms with van der Waals surface area (Å²) in [4.78, 5) is 13.6. The Kier molecular flexibility index (Phi) is 4.29. The Balaban J connectivity index is 1.53. The highest BCUT2D eigenvalue weighted by Gasteiger charge is 2.36. The summed E-state index contributed by atoms with van der Waals surface area (Å²) in [6, 6.07) is 9.02. The van der Waals surface area contributed by atoms with Gasteiger partial charge in [0.25, 0.3) is 0 Å². The van der Waals surface area contributed by atoms with Crippen molar-refractivity contribution in [1.29, 1.82) is 0 Å². The summed E-state index contributed by atoms with van der Waals surface area (Å²) < 4.78 is 9.89. The Morgan fingerprint density at radius 1 is 1.29 bits per heavy atom. The van der Waals surface area contributed by atoms with Crippen molar-refractivity contribution in [2.75, 3.05) is 32.1 Å². The van der Waals surface area contributed by atoms with Crippen molar-refractivity contribution in [3.63, 3.8) is 0 Å². The van der Waals surface area contributed by atoms with E-state index >= 15 is 0 Å². The minimum Gasteiger partial charge on any atom is -0.482 e. The van der Waals surface area contributed by atoms with Crippen LogP contribution >= 0.6 is 0 Å². The van der Waals surface area contributed by atoms with E-state index in [0.717, 1.165) is 5.69 Å². The lowest BCUT2D eigenvalue weighted by molar-refractivity contribution is -0.142. The average Bonchev–Trinajstić information content (AvgIpc) is 3.11. The number of carbonyl (C=O) groups excluding carboxylic acids is 1. The smallest absolute Gasteiger partial charge is 0.343 e. The van der Waals surface area contributed by atoms with Crippen LogP contribution in [0.1, 0.15) is 19.3 Å². The van der Waals surface area contributed by atoms with Crippen LogP contribution in [0, 0.1) is 0 Å². The lowest BCUT2D eigenvalue weighted by atomic mass is 10.1. The number of hydrogen-bond acceptors (Lipinski definition) is 5. The number of ether oxygens (including phenoxy) is 2. The fourth-order valence-corrected chi connectivity index (χ4v) is 3.31. The molecule has 2 heterocycles. The van der Waals surface area contributed by atoms with Crippen molar-refractivity contribution in [3.05, 3.63) is 24.3 Å². The second-order valence-corrected chi connectivity index (χ2v) is 5.67. The molecule has 0 saturated carbocycles. The molecule has 5 nitrogen and oxygen atoms in total. The molecule has 0 amide bonds. The van der Waals surface area contributed by atoms with E-state index in [9.17, 15) is 4.79 Å². The van der Waals surface area contributed by atoms with Crippen LogP contribution in [-0.2, 0) is 9.53 Å². The first-order valence-electron chi connectivity index (χ1n) is 7.56. The van der Waals surface area contributed by atoms with Gasteiger partial charge in [0.1, 0.15) is 5.75 Å². The maximum Gasteiger partial charge on any atom is 0.343 e. The third kappa shape index (κ3) is 3.29. The summed E-state index contributed by atoms with van der Waals surface area (Å²) in [6.07, 6.45) is 3.84. The Hall–Kier alpha value is -1.75. The van der Waals surface area contributed by atoms with E-state index in [1.165, 1.54) is 39.5 Å². The third-order valence-corrected chi connectivity index (χ3v) is 4.40. The maximum atomic E-state index is 11.0. The lowest BCUT2D eigenvalue weighted by Gasteiger charge is -2.22. The first kappa shape index (κ1) is 14.2. The highest BCUT2D eigenvalue weighted by molar-refractivity contribution is 5.70. The molecule has 2 unspecified atom stereocenters. The Morgan fingerprint density at radius 3 is 2.86 bits per heavy atom. The Bertz CT molecular complexity index is 489. The molecule has 5 heteroatoms. The van der Waals surface area contributed by atoms with Crippen molar-refractivity contribution in [3.8, 4) is 5.75 Å². The molecule has 0 bridgehead atoms. The maximum absolute atomic E-state index is 11.0. The Labute approximate surface area is 125 Å². The molecule has 3 rings (SSSR count). The molecular weight excluding hydrogens is 268 g/mol. The number of rotatable bonds is 5. The average molecular weight is 290 g/mol. The van der Waals surface area contributed by atoms with Crippen molar-refractivity contribution in [1.82, 2.24) is 4.90 Å². The number of hydrogen-bond donors (Lipinski definition) is 1. The molecule has 2 saturated heterocycles. The molecule has 2 atom stereocenters. The van der Waals surface area contributed by atoms with Gasteiger partial charge in [-0.25, -0.2) is 4.79 Å². The molecule has 2 fully saturated rings. The molecule has 0 spiro atoms. The van der Waals surface area contributed by atoms with Crippen LogP contribution in [0.2, 0.25) is 0 Å². The summed E-state index contributed by atoms with van der Waals surface area (Å²) in [6.45, 7) is 2.41. The molecule has 114 valence electrons. The molecule has 0 radical (unpaired) electrons. The second-order valence-electron chi connectivity index (χ2n) is 5.67. The van der Waals surface area contributed by atoms with E-state index in [4.69, 9.17) is 4.74 Å². The molecule has 1 aromatic rings. The van der Waals surface area contributed by atoms with E-state index in [0.29, 0.717) is 17.8 Å². The van der Waals surface area contributed by atoms with Gasteiger partial charge >= 0.3 is 5.97 Å². The fourth-order valence-electron chi connectivity index (χ4n) is 3.31. The fraction of sp³-hybridized carbons (Fsp3) is 0.562. The molecular formula is C16H22N2O3. The van der Waals surface area contributed by atoms with Gasteiger partial charge in [-0.15, -0.1) is 0 Å². The third-order valence-electron chi connectivity index (χ3n) is 4.40. The van der Waals surface area contributed by atoms with Crippen molar-refractivity contribution in [2.24, 2.45) is 0 Å².